The molecule has 5 unspecified atom stereocenters. The molecule has 1 aliphatic heterocycles. The van der Waals surface area contributed by atoms with Gasteiger partial charge in [0.1, 0.15) is 12.7 Å². The smallest absolute Gasteiger partial charge is 0.318 e. The van der Waals surface area contributed by atoms with Gasteiger partial charge in [0.2, 0.25) is 0 Å². The summed E-state index contributed by atoms with van der Waals surface area (Å²) in [5, 5.41) is 7.27. The molecule has 0 spiro atoms. The number of urea groups is 1. The number of likely N-dealkylation sites (tertiary alicyclic amines) is 1. The maximum atomic E-state index is 12.7. The summed E-state index contributed by atoms with van der Waals surface area (Å²) in [6, 6.07) is 6.92. The van der Waals surface area contributed by atoms with Gasteiger partial charge in [0, 0.05) is 23.7 Å². The average Bonchev–Trinajstić information content (AvgIpc) is 2.92. The Kier molecular flexibility index (Phi) is 2.81. The number of benzene rings is 1. The third kappa shape index (κ3) is 1.92. The van der Waals surface area contributed by atoms with Gasteiger partial charge in [0.05, 0.1) is 5.69 Å². The van der Waals surface area contributed by atoms with Gasteiger partial charge < -0.3 is 10.2 Å². The lowest BCUT2D eigenvalue weighted by molar-refractivity contribution is 0.0989. The molecule has 1 aromatic carbocycles. The first-order valence-corrected chi connectivity index (χ1v) is 8.68. The van der Waals surface area contributed by atoms with Crippen molar-refractivity contribution >= 4 is 11.7 Å². The van der Waals surface area contributed by atoms with Gasteiger partial charge >= 0.3 is 6.03 Å². The summed E-state index contributed by atoms with van der Waals surface area (Å²) in [4.78, 5) is 18.8. The van der Waals surface area contributed by atoms with Crippen LogP contribution in [0.5, 0.6) is 0 Å². The maximum Gasteiger partial charge on any atom is 0.322 e. The molecule has 0 bridgehead atoms. The third-order valence-corrected chi connectivity index (χ3v) is 5.99. The molecule has 2 aliphatic carbocycles. The Bertz CT molecular complexity index is 802. The van der Waals surface area contributed by atoms with E-state index < -0.39 is 0 Å². The lowest BCUT2D eigenvalue weighted by atomic mass is 9.85. The molecule has 2 saturated carbocycles. The van der Waals surface area contributed by atoms with Crippen molar-refractivity contribution in [1.29, 1.82) is 0 Å². The summed E-state index contributed by atoms with van der Waals surface area (Å²) in [5.41, 5.74) is 2.84. The number of hydrogen-bond donors (Lipinski definition) is 1. The van der Waals surface area contributed by atoms with E-state index in [0.29, 0.717) is 12.1 Å². The van der Waals surface area contributed by atoms with Crippen LogP contribution in [0, 0.1) is 24.7 Å². The number of aromatic nitrogens is 3. The molecule has 0 radical (unpaired) electrons. The summed E-state index contributed by atoms with van der Waals surface area (Å²) < 4.78 is 1.72. The molecular formula is C18H21N5O. The number of hydrogen-bond acceptors (Lipinski definition) is 3. The molecule has 2 amide bonds. The Hall–Kier alpha value is -2.37. The summed E-state index contributed by atoms with van der Waals surface area (Å²) in [7, 11) is 0. The van der Waals surface area contributed by atoms with E-state index in [1.807, 2.05) is 25.1 Å². The molecule has 5 atom stereocenters. The van der Waals surface area contributed by atoms with E-state index >= 15 is 0 Å². The van der Waals surface area contributed by atoms with E-state index in [1.54, 1.807) is 11.0 Å². The number of anilines is 1. The zero-order valence-corrected chi connectivity index (χ0v) is 13.9. The fourth-order valence-corrected chi connectivity index (χ4v) is 4.87. The van der Waals surface area contributed by atoms with Crippen molar-refractivity contribution in [2.45, 2.75) is 38.8 Å². The Morgan fingerprint density at radius 1 is 1.33 bits per heavy atom. The largest absolute Gasteiger partial charge is 0.322 e. The number of nitrogens with one attached hydrogen (secondary N) is 1. The van der Waals surface area contributed by atoms with E-state index in [1.165, 1.54) is 12.7 Å². The van der Waals surface area contributed by atoms with Crippen LogP contribution in [-0.4, -0.2) is 37.8 Å². The lowest BCUT2D eigenvalue weighted by Gasteiger charge is -2.41. The van der Waals surface area contributed by atoms with Crippen molar-refractivity contribution in [3.8, 4) is 5.69 Å². The summed E-state index contributed by atoms with van der Waals surface area (Å²) in [6.45, 7) is 4.34. The zero-order valence-electron chi connectivity index (χ0n) is 13.9. The first-order valence-electron chi connectivity index (χ1n) is 8.68. The number of rotatable bonds is 2. The molecule has 24 heavy (non-hydrogen) atoms. The quantitative estimate of drug-likeness (QED) is 0.924. The fraction of sp³-hybridized carbons (Fsp3) is 0.500. The number of nitrogens with zero attached hydrogens (tertiary/aromatic N) is 4. The Morgan fingerprint density at radius 3 is 3.00 bits per heavy atom. The summed E-state index contributed by atoms with van der Waals surface area (Å²) in [6.07, 6.45) is 5.63. The number of carbonyl (C=O) groups excluding carboxylic acids is 1. The van der Waals surface area contributed by atoms with Crippen molar-refractivity contribution < 1.29 is 4.79 Å². The van der Waals surface area contributed by atoms with Crippen LogP contribution < -0.4 is 5.32 Å². The normalized spacial score (nSPS) is 32.8. The second kappa shape index (κ2) is 4.82. The van der Waals surface area contributed by atoms with Crippen LogP contribution in [-0.2, 0) is 0 Å². The highest BCUT2D eigenvalue weighted by Crippen LogP contribution is 2.64. The molecule has 5 rings (SSSR count). The van der Waals surface area contributed by atoms with Gasteiger partial charge in [-0.05, 0) is 49.3 Å². The van der Waals surface area contributed by atoms with Crippen LogP contribution in [0.3, 0.4) is 0 Å². The molecule has 6 heteroatoms. The van der Waals surface area contributed by atoms with Crippen LogP contribution in [0.25, 0.3) is 5.69 Å². The van der Waals surface area contributed by atoms with Gasteiger partial charge in [0.25, 0.3) is 0 Å². The lowest BCUT2D eigenvalue weighted by Crippen LogP contribution is -2.54. The Balaban J connectivity index is 1.35. The van der Waals surface area contributed by atoms with Crippen LogP contribution in [0.4, 0.5) is 10.5 Å². The van der Waals surface area contributed by atoms with Gasteiger partial charge in [-0.2, -0.15) is 5.10 Å². The minimum Gasteiger partial charge on any atom is -0.318 e. The zero-order chi connectivity index (χ0) is 16.4. The van der Waals surface area contributed by atoms with Crippen LogP contribution in [0.1, 0.15) is 25.3 Å². The van der Waals surface area contributed by atoms with E-state index in [0.717, 1.165) is 41.1 Å². The van der Waals surface area contributed by atoms with Crippen LogP contribution in [0.15, 0.2) is 30.9 Å². The number of carbonyl (C=O) groups is 1. The van der Waals surface area contributed by atoms with Gasteiger partial charge in [-0.3, -0.25) is 0 Å². The SMILES string of the molecule is Cc1ccc(NC(=O)N2C3CC(C)CC4C3C42)cc1-n1cncn1. The minimum absolute atomic E-state index is 0.0474. The molecule has 3 fully saturated rings. The standard InChI is InChI=1S/C18H21N5O/c1-10-5-13-16-15(6-10)23(17(13)16)18(24)21-12-4-3-11(2)14(7-12)22-9-19-8-20-22/h3-4,7-10,13,15-17H,5-6H2,1-2H3,(H,21,24). The predicted molar refractivity (Wildman–Crippen MR) is 89.9 cm³/mol. The van der Waals surface area contributed by atoms with Crippen molar-refractivity contribution in [1.82, 2.24) is 19.7 Å². The fourth-order valence-electron chi connectivity index (χ4n) is 4.87. The highest BCUT2D eigenvalue weighted by Gasteiger charge is 2.71. The minimum atomic E-state index is 0.0474. The number of amides is 2. The first kappa shape index (κ1) is 14.0. The van der Waals surface area contributed by atoms with E-state index in [-0.39, 0.29) is 6.03 Å². The molecule has 1 aromatic heterocycles. The number of aryl methyl sites for hydroxylation is 1. The third-order valence-electron chi connectivity index (χ3n) is 5.99. The molecule has 124 valence electrons. The van der Waals surface area contributed by atoms with Gasteiger partial charge in [-0.25, -0.2) is 14.5 Å². The molecule has 2 aromatic rings. The molecule has 3 aliphatic rings. The monoisotopic (exact) mass is 323 g/mol. The van der Waals surface area contributed by atoms with E-state index in [4.69, 9.17) is 0 Å². The Labute approximate surface area is 140 Å². The highest BCUT2D eigenvalue weighted by molar-refractivity contribution is 5.91. The van der Waals surface area contributed by atoms with Gasteiger partial charge in [-0.15, -0.1) is 0 Å². The Morgan fingerprint density at radius 2 is 2.21 bits per heavy atom. The van der Waals surface area contributed by atoms with Crippen molar-refractivity contribution in [2.24, 2.45) is 17.8 Å². The molecule has 1 N–H and O–H groups in total. The maximum absolute atomic E-state index is 12.7. The molecule has 1 saturated heterocycles. The van der Waals surface area contributed by atoms with Crippen LogP contribution >= 0.6 is 0 Å². The van der Waals surface area contributed by atoms with Crippen molar-refractivity contribution in [3.05, 3.63) is 36.4 Å². The van der Waals surface area contributed by atoms with Crippen molar-refractivity contribution in [3.63, 3.8) is 0 Å². The second-order valence-corrected chi connectivity index (χ2v) is 7.55. The van der Waals surface area contributed by atoms with E-state index in [9.17, 15) is 4.79 Å². The topological polar surface area (TPSA) is 63.1 Å². The average molecular weight is 323 g/mol. The second-order valence-electron chi connectivity index (χ2n) is 7.55. The van der Waals surface area contributed by atoms with Crippen molar-refractivity contribution in [2.75, 3.05) is 5.32 Å². The van der Waals surface area contributed by atoms with E-state index in [2.05, 4.69) is 27.2 Å². The highest BCUT2D eigenvalue weighted by atomic mass is 16.2. The van der Waals surface area contributed by atoms with Crippen LogP contribution in [0.2, 0.25) is 0 Å². The molecular weight excluding hydrogens is 302 g/mol. The van der Waals surface area contributed by atoms with Gasteiger partial charge in [0.15, 0.2) is 0 Å². The molecule has 2 heterocycles. The summed E-state index contributed by atoms with van der Waals surface area (Å²) in [5.74, 6) is 2.29. The molecule has 6 nitrogen and oxygen atoms in total. The summed E-state index contributed by atoms with van der Waals surface area (Å²) >= 11 is 0. The predicted octanol–water partition coefficient (Wildman–Crippen LogP) is 2.84. The first-order chi connectivity index (χ1) is 11.6. The van der Waals surface area contributed by atoms with Gasteiger partial charge in [-0.1, -0.05) is 13.0 Å². The number of fused-ring (bicyclic) bond motifs is 1.